The SMILES string of the molecule is C=c1[nH]n(-c2ccc(C(=O)O)cc2)c(=O)/c1=C/c1ccc(O)c(OCC)c1. The summed E-state index contributed by atoms with van der Waals surface area (Å²) in [6.45, 7) is 6.08. The molecule has 1 aromatic heterocycles. The molecule has 7 heteroatoms. The van der Waals surface area contributed by atoms with Crippen LogP contribution in [0.1, 0.15) is 22.8 Å². The Hall–Kier alpha value is -3.74. The number of nitrogens with one attached hydrogen (secondary N) is 1. The Labute approximate surface area is 154 Å². The third kappa shape index (κ3) is 3.62. The number of benzene rings is 2. The van der Waals surface area contributed by atoms with Crippen molar-refractivity contribution in [2.45, 2.75) is 6.92 Å². The molecule has 3 N–H and O–H groups in total. The van der Waals surface area contributed by atoms with Crippen LogP contribution in [0.3, 0.4) is 0 Å². The predicted octanol–water partition coefficient (Wildman–Crippen LogP) is 1.21. The number of aromatic hydroxyl groups is 1. The maximum Gasteiger partial charge on any atom is 0.335 e. The number of aromatic nitrogens is 2. The minimum Gasteiger partial charge on any atom is -0.504 e. The van der Waals surface area contributed by atoms with Crippen LogP contribution >= 0.6 is 0 Å². The summed E-state index contributed by atoms with van der Waals surface area (Å²) in [7, 11) is 0. The Morgan fingerprint density at radius 2 is 1.96 bits per heavy atom. The fraction of sp³-hybridized carbons (Fsp3) is 0.100. The van der Waals surface area contributed by atoms with Gasteiger partial charge in [0.15, 0.2) is 11.5 Å². The van der Waals surface area contributed by atoms with Crippen molar-refractivity contribution in [3.05, 3.63) is 74.5 Å². The first kappa shape index (κ1) is 18.1. The molecule has 0 fully saturated rings. The molecule has 1 heterocycles. The quantitative estimate of drug-likeness (QED) is 0.630. The molecule has 0 radical (unpaired) electrons. The summed E-state index contributed by atoms with van der Waals surface area (Å²) in [5.74, 6) is -0.685. The van der Waals surface area contributed by atoms with Crippen molar-refractivity contribution in [1.29, 1.82) is 0 Å². The van der Waals surface area contributed by atoms with E-state index in [1.807, 2.05) is 6.92 Å². The van der Waals surface area contributed by atoms with E-state index in [9.17, 15) is 14.7 Å². The fourth-order valence-corrected chi connectivity index (χ4v) is 2.64. The molecule has 0 aliphatic rings. The van der Waals surface area contributed by atoms with E-state index in [2.05, 4.69) is 11.7 Å². The van der Waals surface area contributed by atoms with Gasteiger partial charge in [-0.25, -0.2) is 9.48 Å². The zero-order valence-corrected chi connectivity index (χ0v) is 14.6. The van der Waals surface area contributed by atoms with Crippen molar-refractivity contribution >= 4 is 18.6 Å². The summed E-state index contributed by atoms with van der Waals surface area (Å²) in [6.07, 6.45) is 1.64. The zero-order valence-electron chi connectivity index (χ0n) is 14.6. The third-order valence-electron chi connectivity index (χ3n) is 3.97. The van der Waals surface area contributed by atoms with Crippen LogP contribution in [0.15, 0.2) is 47.3 Å². The molecule has 27 heavy (non-hydrogen) atoms. The average molecular weight is 366 g/mol. The van der Waals surface area contributed by atoms with E-state index in [1.165, 1.54) is 22.9 Å². The lowest BCUT2D eigenvalue weighted by Gasteiger charge is -2.05. The Balaban J connectivity index is 2.07. The number of hydrogen-bond donors (Lipinski definition) is 3. The number of rotatable bonds is 5. The maximum atomic E-state index is 12.8. The molecule has 2 aromatic carbocycles. The number of carboxylic acids is 1. The molecule has 0 atom stereocenters. The monoisotopic (exact) mass is 366 g/mol. The molecule has 0 bridgehead atoms. The summed E-state index contributed by atoms with van der Waals surface area (Å²) in [5.41, 5.74) is 0.975. The molecule has 0 aliphatic heterocycles. The van der Waals surface area contributed by atoms with Gasteiger partial charge < -0.3 is 14.9 Å². The first-order chi connectivity index (χ1) is 12.9. The van der Waals surface area contributed by atoms with Gasteiger partial charge in [-0.2, -0.15) is 0 Å². The van der Waals surface area contributed by atoms with Gasteiger partial charge in [0, 0.05) is 0 Å². The Kier molecular flexibility index (Phi) is 4.85. The minimum absolute atomic E-state index is 0.0221. The smallest absolute Gasteiger partial charge is 0.335 e. The van der Waals surface area contributed by atoms with E-state index in [-0.39, 0.29) is 16.9 Å². The van der Waals surface area contributed by atoms with Gasteiger partial charge >= 0.3 is 5.97 Å². The highest BCUT2D eigenvalue weighted by molar-refractivity contribution is 5.87. The Morgan fingerprint density at radius 3 is 2.59 bits per heavy atom. The van der Waals surface area contributed by atoms with Crippen molar-refractivity contribution in [3.8, 4) is 17.2 Å². The highest BCUT2D eigenvalue weighted by atomic mass is 16.5. The van der Waals surface area contributed by atoms with Crippen molar-refractivity contribution in [2.75, 3.05) is 6.61 Å². The van der Waals surface area contributed by atoms with Crippen LogP contribution in [0.4, 0.5) is 0 Å². The van der Waals surface area contributed by atoms with Crippen molar-refractivity contribution in [3.63, 3.8) is 0 Å². The van der Waals surface area contributed by atoms with Gasteiger partial charge in [-0.05, 0) is 55.0 Å². The molecule has 3 aromatic rings. The third-order valence-corrected chi connectivity index (χ3v) is 3.97. The first-order valence-electron chi connectivity index (χ1n) is 8.22. The number of H-pyrrole nitrogens is 1. The topological polar surface area (TPSA) is 105 Å². The molecule has 0 unspecified atom stereocenters. The van der Waals surface area contributed by atoms with Crippen LogP contribution in [-0.2, 0) is 0 Å². The number of hydrogen-bond acceptors (Lipinski definition) is 4. The van der Waals surface area contributed by atoms with Crippen LogP contribution in [0, 0.1) is 0 Å². The highest BCUT2D eigenvalue weighted by Gasteiger charge is 2.08. The molecular formula is C20H18N2O5. The van der Waals surface area contributed by atoms with Gasteiger partial charge in [0.05, 0.1) is 28.4 Å². The average Bonchev–Trinajstić information content (AvgIpc) is 2.93. The summed E-state index contributed by atoms with van der Waals surface area (Å²) in [5, 5.41) is 22.4. The second-order valence-corrected chi connectivity index (χ2v) is 5.80. The van der Waals surface area contributed by atoms with Crippen LogP contribution < -0.4 is 20.9 Å². The number of phenols is 1. The summed E-state index contributed by atoms with van der Waals surface area (Å²) >= 11 is 0. The molecule has 0 saturated heterocycles. The lowest BCUT2D eigenvalue weighted by molar-refractivity contribution is 0.0697. The van der Waals surface area contributed by atoms with Crippen LogP contribution in [-0.4, -0.2) is 32.6 Å². The first-order valence-corrected chi connectivity index (χ1v) is 8.22. The minimum atomic E-state index is -1.04. The normalized spacial score (nSPS) is 11.5. The van der Waals surface area contributed by atoms with Crippen molar-refractivity contribution < 1.29 is 19.7 Å². The number of aromatic carboxylic acids is 1. The summed E-state index contributed by atoms with van der Waals surface area (Å²) in [4.78, 5) is 23.7. The molecule has 0 spiro atoms. The molecule has 0 aliphatic carbocycles. The van der Waals surface area contributed by atoms with Gasteiger partial charge in [-0.15, -0.1) is 0 Å². The number of aromatic amines is 1. The standard InChI is InChI=1S/C20H18N2O5/c1-3-27-18-11-13(4-9-17(18)23)10-16-12(2)21-22(19(16)24)15-7-5-14(6-8-15)20(25)26/h4-11,21,23H,2-3H2,1H3,(H,25,26)/b16-10+. The molecule has 0 saturated carbocycles. The second-order valence-electron chi connectivity index (χ2n) is 5.80. The second kappa shape index (κ2) is 7.25. The van der Waals surface area contributed by atoms with E-state index in [4.69, 9.17) is 9.84 Å². The van der Waals surface area contributed by atoms with Gasteiger partial charge in [0.1, 0.15) is 0 Å². The number of carboxylic acid groups (broad SMARTS) is 1. The van der Waals surface area contributed by atoms with Crippen LogP contribution in [0.5, 0.6) is 11.5 Å². The van der Waals surface area contributed by atoms with E-state index in [1.54, 1.807) is 30.3 Å². The molecular weight excluding hydrogens is 348 g/mol. The van der Waals surface area contributed by atoms with Gasteiger partial charge in [0.25, 0.3) is 5.56 Å². The van der Waals surface area contributed by atoms with Crippen molar-refractivity contribution in [1.82, 2.24) is 9.78 Å². The highest BCUT2D eigenvalue weighted by Crippen LogP contribution is 2.26. The van der Waals surface area contributed by atoms with E-state index < -0.39 is 5.97 Å². The van der Waals surface area contributed by atoms with Crippen LogP contribution in [0.2, 0.25) is 0 Å². The summed E-state index contributed by atoms with van der Waals surface area (Å²) < 4.78 is 6.65. The fourth-order valence-electron chi connectivity index (χ4n) is 2.64. The number of phenolic OH excluding ortho intramolecular Hbond substituents is 1. The lowest BCUT2D eigenvalue weighted by atomic mass is 10.1. The number of carbonyl (C=O) groups is 1. The lowest BCUT2D eigenvalue weighted by Crippen LogP contribution is -2.33. The van der Waals surface area contributed by atoms with Crippen LogP contribution in [0.25, 0.3) is 18.3 Å². The molecule has 7 nitrogen and oxygen atoms in total. The number of ether oxygens (including phenoxy) is 1. The maximum absolute atomic E-state index is 12.8. The van der Waals surface area contributed by atoms with E-state index >= 15 is 0 Å². The zero-order chi connectivity index (χ0) is 19.6. The number of nitrogens with zero attached hydrogens (tertiary/aromatic N) is 1. The Bertz CT molecular complexity index is 1160. The van der Waals surface area contributed by atoms with Crippen molar-refractivity contribution in [2.24, 2.45) is 0 Å². The van der Waals surface area contributed by atoms with Gasteiger partial charge in [-0.3, -0.25) is 9.89 Å². The molecule has 138 valence electrons. The predicted molar refractivity (Wildman–Crippen MR) is 101 cm³/mol. The summed E-state index contributed by atoms with van der Waals surface area (Å²) in [6, 6.07) is 10.7. The van der Waals surface area contributed by atoms with E-state index in [0.717, 1.165) is 0 Å². The Morgan fingerprint density at radius 1 is 1.26 bits per heavy atom. The molecule has 0 amide bonds. The molecule has 3 rings (SSSR count). The van der Waals surface area contributed by atoms with Gasteiger partial charge in [0.2, 0.25) is 0 Å². The largest absolute Gasteiger partial charge is 0.504 e. The van der Waals surface area contributed by atoms with E-state index in [0.29, 0.717) is 34.2 Å². The van der Waals surface area contributed by atoms with Gasteiger partial charge in [-0.1, -0.05) is 12.6 Å².